The zero-order valence-corrected chi connectivity index (χ0v) is 8.75. The Labute approximate surface area is 87.8 Å². The molecule has 0 spiro atoms. The van der Waals surface area contributed by atoms with Crippen LogP contribution in [-0.2, 0) is 9.47 Å². The van der Waals surface area contributed by atoms with Gasteiger partial charge in [-0.15, -0.1) is 0 Å². The summed E-state index contributed by atoms with van der Waals surface area (Å²) in [5.41, 5.74) is 0.779. The van der Waals surface area contributed by atoms with Gasteiger partial charge in [-0.2, -0.15) is 0 Å². The zero-order chi connectivity index (χ0) is 11.3. The number of hydrogen-bond donors (Lipinski definition) is 0. The maximum absolute atomic E-state index is 13.2. The smallest absolute Gasteiger partial charge is 0.341 e. The Bertz CT molecular complexity index is 350. The lowest BCUT2D eigenvalue weighted by Gasteiger charge is -2.05. The third-order valence-electron chi connectivity index (χ3n) is 1.86. The zero-order valence-electron chi connectivity index (χ0n) is 8.75. The first-order chi connectivity index (χ1) is 7.15. The first-order valence-electron chi connectivity index (χ1n) is 4.57. The maximum Gasteiger partial charge on any atom is 0.341 e. The molecule has 0 aromatic heterocycles. The Morgan fingerprint density at radius 1 is 1.40 bits per heavy atom. The lowest BCUT2D eigenvalue weighted by Crippen LogP contribution is -2.11. The van der Waals surface area contributed by atoms with Crippen molar-refractivity contribution < 1.29 is 18.7 Å². The predicted octanol–water partition coefficient (Wildman–Crippen LogP) is 1.94. The summed E-state index contributed by atoms with van der Waals surface area (Å²) in [5.74, 6) is -1.23. The minimum absolute atomic E-state index is 0.0360. The van der Waals surface area contributed by atoms with Crippen LogP contribution < -0.4 is 0 Å². The largest absolute Gasteiger partial charge is 0.460 e. The highest BCUT2D eigenvalue weighted by molar-refractivity contribution is 5.89. The van der Waals surface area contributed by atoms with Gasteiger partial charge in [0, 0.05) is 7.11 Å². The Hall–Kier alpha value is -1.42. The molecule has 0 aliphatic carbocycles. The summed E-state index contributed by atoms with van der Waals surface area (Å²) < 4.78 is 22.7. The molecular weight excluding hydrogens is 199 g/mol. The number of esters is 1. The lowest BCUT2D eigenvalue weighted by atomic mass is 10.1. The molecule has 0 aliphatic rings. The standard InChI is InChI=1S/C11H13FO3/c1-8-3-4-10(12)9(7-8)11(13)15-6-5-14-2/h3-4,7H,5-6H2,1-2H3. The summed E-state index contributed by atoms with van der Waals surface area (Å²) in [4.78, 5) is 11.4. The summed E-state index contributed by atoms with van der Waals surface area (Å²) in [7, 11) is 1.50. The van der Waals surface area contributed by atoms with Crippen LogP contribution >= 0.6 is 0 Å². The Morgan fingerprint density at radius 3 is 2.80 bits per heavy atom. The second-order valence-electron chi connectivity index (χ2n) is 3.11. The summed E-state index contributed by atoms with van der Waals surface area (Å²) in [6.45, 7) is 2.22. The van der Waals surface area contributed by atoms with Crippen LogP contribution in [0, 0.1) is 12.7 Å². The van der Waals surface area contributed by atoms with Gasteiger partial charge >= 0.3 is 5.97 Å². The van der Waals surface area contributed by atoms with E-state index in [-0.39, 0.29) is 12.2 Å². The third-order valence-corrected chi connectivity index (χ3v) is 1.86. The van der Waals surface area contributed by atoms with Crippen molar-refractivity contribution in [1.29, 1.82) is 0 Å². The number of carbonyl (C=O) groups excluding carboxylic acids is 1. The van der Waals surface area contributed by atoms with Crippen molar-refractivity contribution >= 4 is 5.97 Å². The van der Waals surface area contributed by atoms with Gasteiger partial charge in [0.15, 0.2) is 0 Å². The fourth-order valence-electron chi connectivity index (χ4n) is 1.09. The number of ether oxygens (including phenoxy) is 2. The molecule has 0 amide bonds. The average molecular weight is 212 g/mol. The number of benzene rings is 1. The predicted molar refractivity (Wildman–Crippen MR) is 53.3 cm³/mol. The van der Waals surface area contributed by atoms with Crippen LogP contribution in [0.3, 0.4) is 0 Å². The minimum atomic E-state index is -0.659. The van der Waals surface area contributed by atoms with Crippen LogP contribution in [0.15, 0.2) is 18.2 Å². The van der Waals surface area contributed by atoms with Crippen LogP contribution in [0.2, 0.25) is 0 Å². The maximum atomic E-state index is 13.2. The van der Waals surface area contributed by atoms with Gasteiger partial charge in [-0.1, -0.05) is 11.6 Å². The van der Waals surface area contributed by atoms with Crippen LogP contribution in [0.1, 0.15) is 15.9 Å². The molecule has 1 aromatic carbocycles. The fourth-order valence-corrected chi connectivity index (χ4v) is 1.09. The van der Waals surface area contributed by atoms with Gasteiger partial charge in [-0.25, -0.2) is 9.18 Å². The summed E-state index contributed by atoms with van der Waals surface area (Å²) in [5, 5.41) is 0. The molecule has 0 heterocycles. The van der Waals surface area contributed by atoms with Gasteiger partial charge in [-0.05, 0) is 19.1 Å². The molecule has 0 fully saturated rings. The van der Waals surface area contributed by atoms with Crippen molar-refractivity contribution in [2.45, 2.75) is 6.92 Å². The number of halogens is 1. The van der Waals surface area contributed by atoms with E-state index in [0.717, 1.165) is 5.56 Å². The monoisotopic (exact) mass is 212 g/mol. The van der Waals surface area contributed by atoms with E-state index in [2.05, 4.69) is 0 Å². The van der Waals surface area contributed by atoms with Crippen LogP contribution in [-0.4, -0.2) is 26.3 Å². The van der Waals surface area contributed by atoms with E-state index in [4.69, 9.17) is 9.47 Å². The second-order valence-corrected chi connectivity index (χ2v) is 3.11. The van der Waals surface area contributed by atoms with Crippen molar-refractivity contribution in [3.05, 3.63) is 35.1 Å². The van der Waals surface area contributed by atoms with E-state index in [0.29, 0.717) is 6.61 Å². The van der Waals surface area contributed by atoms with Gasteiger partial charge in [0.2, 0.25) is 0 Å². The highest BCUT2D eigenvalue weighted by Gasteiger charge is 2.12. The van der Waals surface area contributed by atoms with E-state index in [1.54, 1.807) is 13.0 Å². The van der Waals surface area contributed by atoms with Crippen LogP contribution in [0.25, 0.3) is 0 Å². The van der Waals surface area contributed by atoms with Gasteiger partial charge in [0.25, 0.3) is 0 Å². The molecule has 0 saturated heterocycles. The van der Waals surface area contributed by atoms with Gasteiger partial charge in [-0.3, -0.25) is 0 Å². The van der Waals surface area contributed by atoms with Gasteiger partial charge < -0.3 is 9.47 Å². The topological polar surface area (TPSA) is 35.5 Å². The first-order valence-corrected chi connectivity index (χ1v) is 4.57. The quantitative estimate of drug-likeness (QED) is 0.565. The molecule has 15 heavy (non-hydrogen) atoms. The molecule has 1 aromatic rings. The van der Waals surface area contributed by atoms with E-state index < -0.39 is 11.8 Å². The Morgan fingerprint density at radius 2 is 2.13 bits per heavy atom. The van der Waals surface area contributed by atoms with Crippen molar-refractivity contribution in [3.8, 4) is 0 Å². The van der Waals surface area contributed by atoms with Gasteiger partial charge in [0.05, 0.1) is 12.2 Å². The summed E-state index contributed by atoms with van der Waals surface area (Å²) in [6, 6.07) is 4.31. The number of rotatable bonds is 4. The van der Waals surface area contributed by atoms with Crippen LogP contribution in [0.4, 0.5) is 4.39 Å². The molecule has 0 atom stereocenters. The molecule has 0 saturated carbocycles. The molecule has 0 aliphatic heterocycles. The Kier molecular flexibility index (Phi) is 4.24. The lowest BCUT2D eigenvalue weighted by molar-refractivity contribution is 0.0383. The molecule has 0 bridgehead atoms. The normalized spacial score (nSPS) is 10.1. The fraction of sp³-hybridized carbons (Fsp3) is 0.364. The number of aryl methyl sites for hydroxylation is 1. The van der Waals surface area contributed by atoms with Crippen molar-refractivity contribution in [3.63, 3.8) is 0 Å². The SMILES string of the molecule is COCCOC(=O)c1cc(C)ccc1F. The average Bonchev–Trinajstić information content (AvgIpc) is 2.22. The van der Waals surface area contributed by atoms with E-state index in [1.807, 2.05) is 0 Å². The number of carbonyl (C=O) groups is 1. The third kappa shape index (κ3) is 3.32. The highest BCUT2D eigenvalue weighted by atomic mass is 19.1. The van der Waals surface area contributed by atoms with Crippen molar-refractivity contribution in [2.24, 2.45) is 0 Å². The van der Waals surface area contributed by atoms with Gasteiger partial charge in [0.1, 0.15) is 12.4 Å². The number of methoxy groups -OCH3 is 1. The molecule has 3 nitrogen and oxygen atoms in total. The Balaban J connectivity index is 2.68. The van der Waals surface area contributed by atoms with Crippen molar-refractivity contribution in [2.75, 3.05) is 20.3 Å². The number of hydrogen-bond acceptors (Lipinski definition) is 3. The molecule has 82 valence electrons. The highest BCUT2D eigenvalue weighted by Crippen LogP contribution is 2.11. The van der Waals surface area contributed by atoms with E-state index in [1.165, 1.54) is 19.2 Å². The minimum Gasteiger partial charge on any atom is -0.460 e. The molecule has 0 N–H and O–H groups in total. The van der Waals surface area contributed by atoms with E-state index >= 15 is 0 Å². The molecular formula is C11H13FO3. The van der Waals surface area contributed by atoms with Crippen LogP contribution in [0.5, 0.6) is 0 Å². The van der Waals surface area contributed by atoms with Crippen molar-refractivity contribution in [1.82, 2.24) is 0 Å². The molecule has 0 unspecified atom stereocenters. The summed E-state index contributed by atoms with van der Waals surface area (Å²) >= 11 is 0. The molecule has 1 rings (SSSR count). The first kappa shape index (κ1) is 11.7. The summed E-state index contributed by atoms with van der Waals surface area (Å²) in [6.07, 6.45) is 0. The van der Waals surface area contributed by atoms with E-state index in [9.17, 15) is 9.18 Å². The molecule has 4 heteroatoms. The molecule has 0 radical (unpaired) electrons. The second kappa shape index (κ2) is 5.46.